The summed E-state index contributed by atoms with van der Waals surface area (Å²) in [6, 6.07) is 17.3. The van der Waals surface area contributed by atoms with Crippen LogP contribution in [0.25, 0.3) is 0 Å². The molecule has 0 unspecified atom stereocenters. The Morgan fingerprint density at radius 2 is 1.69 bits per heavy atom. The van der Waals surface area contributed by atoms with Crippen molar-refractivity contribution in [1.29, 1.82) is 0 Å². The van der Waals surface area contributed by atoms with Crippen LogP contribution in [0, 0.1) is 5.82 Å². The molecule has 0 bridgehead atoms. The van der Waals surface area contributed by atoms with Gasteiger partial charge in [-0.15, -0.1) is 0 Å². The van der Waals surface area contributed by atoms with Crippen molar-refractivity contribution in [2.45, 2.75) is 13.2 Å². The maximum atomic E-state index is 13.8. The number of hydrogen-bond acceptors (Lipinski definition) is 2. The lowest BCUT2D eigenvalue weighted by Crippen LogP contribution is -2.02. The molecular formula is C20H15Cl3FNO. The largest absolute Gasteiger partial charge is 0.489 e. The summed E-state index contributed by atoms with van der Waals surface area (Å²) in [5, 5.41) is 4.78. The summed E-state index contributed by atoms with van der Waals surface area (Å²) in [7, 11) is 0. The van der Waals surface area contributed by atoms with E-state index in [0.29, 0.717) is 32.9 Å². The zero-order valence-electron chi connectivity index (χ0n) is 13.6. The van der Waals surface area contributed by atoms with Gasteiger partial charge in [-0.05, 0) is 48.0 Å². The van der Waals surface area contributed by atoms with E-state index in [1.807, 2.05) is 24.3 Å². The minimum Gasteiger partial charge on any atom is -0.489 e. The van der Waals surface area contributed by atoms with Crippen molar-refractivity contribution < 1.29 is 9.13 Å². The van der Waals surface area contributed by atoms with Crippen molar-refractivity contribution in [3.05, 3.63) is 92.7 Å². The van der Waals surface area contributed by atoms with Crippen molar-refractivity contribution >= 4 is 40.5 Å². The Morgan fingerprint density at radius 1 is 0.885 bits per heavy atom. The molecule has 26 heavy (non-hydrogen) atoms. The summed E-state index contributed by atoms with van der Waals surface area (Å²) in [5.41, 5.74) is 2.07. The van der Waals surface area contributed by atoms with Gasteiger partial charge in [0.15, 0.2) is 0 Å². The molecule has 6 heteroatoms. The quantitative estimate of drug-likeness (QED) is 0.473. The van der Waals surface area contributed by atoms with Crippen molar-refractivity contribution in [2.75, 3.05) is 5.32 Å². The van der Waals surface area contributed by atoms with Crippen LogP contribution in [0.3, 0.4) is 0 Å². The van der Waals surface area contributed by atoms with E-state index in [0.717, 1.165) is 11.3 Å². The number of ether oxygens (including phenoxy) is 1. The number of nitrogens with one attached hydrogen (secondary N) is 1. The van der Waals surface area contributed by atoms with Crippen LogP contribution in [0.5, 0.6) is 5.75 Å². The topological polar surface area (TPSA) is 21.3 Å². The number of rotatable bonds is 6. The van der Waals surface area contributed by atoms with Crippen LogP contribution in [0.4, 0.5) is 10.1 Å². The molecule has 3 aromatic rings. The van der Waals surface area contributed by atoms with Gasteiger partial charge in [0.25, 0.3) is 0 Å². The highest BCUT2D eigenvalue weighted by molar-refractivity contribution is 6.35. The normalized spacial score (nSPS) is 10.6. The Kier molecular flexibility index (Phi) is 6.25. The number of anilines is 1. The monoisotopic (exact) mass is 409 g/mol. The minimum absolute atomic E-state index is 0.0580. The van der Waals surface area contributed by atoms with Crippen molar-refractivity contribution in [3.63, 3.8) is 0 Å². The first-order valence-electron chi connectivity index (χ1n) is 7.86. The molecule has 0 amide bonds. The highest BCUT2D eigenvalue weighted by Crippen LogP contribution is 2.26. The first-order chi connectivity index (χ1) is 12.5. The van der Waals surface area contributed by atoms with Gasteiger partial charge in [-0.3, -0.25) is 0 Å². The third-order valence-electron chi connectivity index (χ3n) is 3.75. The molecule has 1 N–H and O–H groups in total. The smallest absolute Gasteiger partial charge is 0.131 e. The third kappa shape index (κ3) is 4.82. The average molecular weight is 411 g/mol. The van der Waals surface area contributed by atoms with Crippen molar-refractivity contribution in [3.8, 4) is 5.75 Å². The Morgan fingerprint density at radius 3 is 2.50 bits per heavy atom. The molecule has 0 fully saturated rings. The second kappa shape index (κ2) is 8.63. The lowest BCUT2D eigenvalue weighted by molar-refractivity contribution is 0.299. The van der Waals surface area contributed by atoms with Crippen LogP contribution in [0.15, 0.2) is 60.7 Å². The fourth-order valence-corrected chi connectivity index (χ4v) is 2.98. The molecule has 0 saturated heterocycles. The molecule has 0 aliphatic carbocycles. The Balaban J connectivity index is 1.66. The van der Waals surface area contributed by atoms with E-state index in [-0.39, 0.29) is 12.4 Å². The fourth-order valence-electron chi connectivity index (χ4n) is 2.40. The lowest BCUT2D eigenvalue weighted by atomic mass is 10.2. The van der Waals surface area contributed by atoms with E-state index >= 15 is 0 Å². The standard InChI is InChI=1S/C20H15Cl3FNO/c21-14-7-8-18(23)20(10-14)25-11-13-3-1-4-15(9-13)26-12-16-17(22)5-2-6-19(16)24/h1-10,25H,11-12H2. The van der Waals surface area contributed by atoms with E-state index < -0.39 is 0 Å². The Hall–Kier alpha value is -1.94. The molecular weight excluding hydrogens is 396 g/mol. The molecule has 0 radical (unpaired) electrons. The summed E-state index contributed by atoms with van der Waals surface area (Å²) >= 11 is 18.2. The summed E-state index contributed by atoms with van der Waals surface area (Å²) < 4.78 is 19.5. The summed E-state index contributed by atoms with van der Waals surface area (Å²) in [4.78, 5) is 0. The van der Waals surface area contributed by atoms with Gasteiger partial charge in [-0.25, -0.2) is 4.39 Å². The molecule has 0 spiro atoms. The zero-order chi connectivity index (χ0) is 18.5. The number of hydrogen-bond donors (Lipinski definition) is 1. The van der Waals surface area contributed by atoms with Crippen LogP contribution in [0.1, 0.15) is 11.1 Å². The van der Waals surface area contributed by atoms with Gasteiger partial charge in [0.05, 0.1) is 15.7 Å². The van der Waals surface area contributed by atoms with E-state index in [1.165, 1.54) is 6.07 Å². The molecule has 134 valence electrons. The SMILES string of the molecule is Fc1cccc(Cl)c1COc1cccc(CNc2cc(Cl)ccc2Cl)c1. The first-order valence-corrected chi connectivity index (χ1v) is 9.00. The molecule has 0 atom stereocenters. The number of halogens is 4. The fraction of sp³-hybridized carbons (Fsp3) is 0.100. The molecule has 0 heterocycles. The molecule has 0 saturated carbocycles. The number of benzene rings is 3. The maximum Gasteiger partial charge on any atom is 0.131 e. The molecule has 2 nitrogen and oxygen atoms in total. The highest BCUT2D eigenvalue weighted by atomic mass is 35.5. The Labute approximate surface area is 166 Å². The molecule has 0 aromatic heterocycles. The second-order valence-corrected chi connectivity index (χ2v) is 6.86. The van der Waals surface area contributed by atoms with Crippen LogP contribution in [-0.2, 0) is 13.2 Å². The third-order valence-corrected chi connectivity index (χ3v) is 4.67. The van der Waals surface area contributed by atoms with Gasteiger partial charge in [0.1, 0.15) is 18.2 Å². The van der Waals surface area contributed by atoms with Gasteiger partial charge in [0, 0.05) is 17.1 Å². The van der Waals surface area contributed by atoms with Crippen LogP contribution < -0.4 is 10.1 Å². The van der Waals surface area contributed by atoms with E-state index in [1.54, 1.807) is 30.3 Å². The summed E-state index contributed by atoms with van der Waals surface area (Å²) in [6.07, 6.45) is 0. The van der Waals surface area contributed by atoms with Gasteiger partial charge in [-0.2, -0.15) is 0 Å². The summed E-state index contributed by atoms with van der Waals surface area (Å²) in [6.45, 7) is 0.597. The van der Waals surface area contributed by atoms with Crippen LogP contribution in [-0.4, -0.2) is 0 Å². The van der Waals surface area contributed by atoms with E-state index in [9.17, 15) is 4.39 Å². The van der Waals surface area contributed by atoms with Crippen LogP contribution in [0.2, 0.25) is 15.1 Å². The van der Waals surface area contributed by atoms with Crippen molar-refractivity contribution in [1.82, 2.24) is 0 Å². The van der Waals surface area contributed by atoms with Gasteiger partial charge >= 0.3 is 0 Å². The summed E-state index contributed by atoms with van der Waals surface area (Å²) in [5.74, 6) is 0.242. The van der Waals surface area contributed by atoms with Crippen molar-refractivity contribution in [2.24, 2.45) is 0 Å². The molecule has 0 aliphatic heterocycles. The maximum absolute atomic E-state index is 13.8. The van der Waals surface area contributed by atoms with Gasteiger partial charge in [0.2, 0.25) is 0 Å². The van der Waals surface area contributed by atoms with E-state index in [4.69, 9.17) is 39.5 Å². The van der Waals surface area contributed by atoms with Gasteiger partial charge < -0.3 is 10.1 Å². The zero-order valence-corrected chi connectivity index (χ0v) is 15.9. The predicted octanol–water partition coefficient (Wildman–Crippen LogP) is 6.98. The average Bonchev–Trinajstić information content (AvgIpc) is 2.62. The van der Waals surface area contributed by atoms with E-state index in [2.05, 4.69) is 5.32 Å². The molecule has 0 aliphatic rings. The Bertz CT molecular complexity index is 897. The van der Waals surface area contributed by atoms with Crippen LogP contribution >= 0.6 is 34.8 Å². The lowest BCUT2D eigenvalue weighted by Gasteiger charge is -2.12. The molecule has 3 aromatic carbocycles. The molecule has 3 rings (SSSR count). The first kappa shape index (κ1) is 18.8. The second-order valence-electron chi connectivity index (χ2n) is 5.61. The highest BCUT2D eigenvalue weighted by Gasteiger charge is 2.08. The minimum atomic E-state index is -0.383. The van der Waals surface area contributed by atoms with Gasteiger partial charge in [-0.1, -0.05) is 53.0 Å². The predicted molar refractivity (Wildman–Crippen MR) is 106 cm³/mol.